The van der Waals surface area contributed by atoms with Crippen molar-refractivity contribution in [3.63, 3.8) is 0 Å². The van der Waals surface area contributed by atoms with Crippen molar-refractivity contribution in [3.8, 4) is 0 Å². The van der Waals surface area contributed by atoms with E-state index in [0.29, 0.717) is 21.4 Å². The lowest BCUT2D eigenvalue weighted by Gasteiger charge is -2.14. The number of thioether (sulfide) groups is 1. The molecular weight excluding hydrogens is 521 g/mol. The summed E-state index contributed by atoms with van der Waals surface area (Å²) in [7, 11) is 0. The van der Waals surface area contributed by atoms with Crippen molar-refractivity contribution in [1.82, 2.24) is 15.1 Å². The molecule has 8 nitrogen and oxygen atoms in total. The van der Waals surface area contributed by atoms with E-state index in [1.165, 1.54) is 23.0 Å². The Hall–Kier alpha value is -3.35. The molecule has 4 rings (SSSR count). The van der Waals surface area contributed by atoms with Gasteiger partial charge in [0.2, 0.25) is 0 Å². The van der Waals surface area contributed by atoms with Crippen LogP contribution >= 0.6 is 23.4 Å². The summed E-state index contributed by atoms with van der Waals surface area (Å²) in [6, 6.07) is 8.76. The number of amidine groups is 1. The van der Waals surface area contributed by atoms with E-state index in [2.05, 4.69) is 15.4 Å². The lowest BCUT2D eigenvalue weighted by atomic mass is 10.1. The van der Waals surface area contributed by atoms with Crippen molar-refractivity contribution in [2.45, 2.75) is 25.2 Å². The molecule has 3 aromatic rings. The SMILES string of the molecule is O=C(O)CC(O)CNC1=NC(=O)C(=Cc2ccc3c(cnn3Cc3ccc(Cl)cc3C(F)(F)F)c2)S1. The predicted molar refractivity (Wildman–Crippen MR) is 130 cm³/mol. The number of alkyl halides is 3. The van der Waals surface area contributed by atoms with Gasteiger partial charge < -0.3 is 15.5 Å². The van der Waals surface area contributed by atoms with Gasteiger partial charge in [-0.15, -0.1) is 0 Å². The molecule has 1 amide bonds. The monoisotopic (exact) mass is 538 g/mol. The van der Waals surface area contributed by atoms with E-state index >= 15 is 0 Å². The van der Waals surface area contributed by atoms with Crippen molar-refractivity contribution in [3.05, 3.63) is 69.2 Å². The Bertz CT molecular complexity index is 1400. The van der Waals surface area contributed by atoms with E-state index in [4.69, 9.17) is 16.7 Å². The summed E-state index contributed by atoms with van der Waals surface area (Å²) in [5.74, 6) is -1.64. The fourth-order valence-corrected chi connectivity index (χ4v) is 4.54. The molecule has 0 radical (unpaired) electrons. The van der Waals surface area contributed by atoms with Gasteiger partial charge in [-0.25, -0.2) is 0 Å². The maximum absolute atomic E-state index is 13.4. The molecule has 0 fully saturated rings. The highest BCUT2D eigenvalue weighted by atomic mass is 35.5. The number of amides is 1. The standard InChI is InChI=1S/C23H18ClF3N4O4S/c24-15-3-2-13(17(7-15)23(25,26)27)11-31-18-4-1-12(5-14(18)9-29-31)6-19-21(35)30-22(36-19)28-10-16(32)8-20(33)34/h1-7,9,16,32H,8,10-11H2,(H,33,34)(H,28,30,35). The van der Waals surface area contributed by atoms with Gasteiger partial charge >= 0.3 is 12.1 Å². The molecule has 1 aliphatic rings. The van der Waals surface area contributed by atoms with Crippen molar-refractivity contribution < 1.29 is 33.0 Å². The number of aromatic nitrogens is 2. The largest absolute Gasteiger partial charge is 0.481 e. The maximum Gasteiger partial charge on any atom is 0.416 e. The zero-order valence-corrected chi connectivity index (χ0v) is 19.9. The highest BCUT2D eigenvalue weighted by Crippen LogP contribution is 2.34. The van der Waals surface area contributed by atoms with Crippen LogP contribution < -0.4 is 5.32 Å². The molecule has 36 heavy (non-hydrogen) atoms. The topological polar surface area (TPSA) is 117 Å². The third-order valence-corrected chi connectivity index (χ3v) is 6.36. The second-order valence-corrected chi connectivity index (χ2v) is 9.35. The van der Waals surface area contributed by atoms with Crippen LogP contribution in [-0.2, 0) is 22.3 Å². The number of aliphatic carboxylic acids is 1. The van der Waals surface area contributed by atoms with Crippen LogP contribution in [0.2, 0.25) is 5.02 Å². The molecule has 188 valence electrons. The lowest BCUT2D eigenvalue weighted by Crippen LogP contribution is -2.31. The summed E-state index contributed by atoms with van der Waals surface area (Å²) in [5, 5.41) is 26.2. The van der Waals surface area contributed by atoms with E-state index in [0.717, 1.165) is 17.8 Å². The van der Waals surface area contributed by atoms with Crippen LogP contribution in [0, 0.1) is 0 Å². The molecule has 13 heteroatoms. The number of carbonyl (C=O) groups excluding carboxylic acids is 1. The maximum atomic E-state index is 13.4. The predicted octanol–water partition coefficient (Wildman–Crippen LogP) is 4.15. The number of carboxylic acid groups (broad SMARTS) is 1. The van der Waals surface area contributed by atoms with Gasteiger partial charge in [-0.1, -0.05) is 23.7 Å². The Morgan fingerprint density at radius 3 is 2.75 bits per heavy atom. The number of carboxylic acids is 1. The molecule has 2 heterocycles. The van der Waals surface area contributed by atoms with Gasteiger partial charge in [-0.05, 0) is 53.2 Å². The van der Waals surface area contributed by atoms with E-state index in [9.17, 15) is 27.9 Å². The number of aliphatic imine (C=N–C) groups is 1. The third-order valence-electron chi connectivity index (χ3n) is 5.18. The van der Waals surface area contributed by atoms with Gasteiger partial charge in [0, 0.05) is 17.0 Å². The zero-order valence-electron chi connectivity index (χ0n) is 18.3. The fraction of sp³-hybridized carbons (Fsp3) is 0.217. The van der Waals surface area contributed by atoms with Crippen LogP contribution in [-0.4, -0.2) is 49.7 Å². The first-order chi connectivity index (χ1) is 17.0. The number of halogens is 4. The molecule has 2 aromatic carbocycles. The number of aliphatic hydroxyl groups is 1. The first kappa shape index (κ1) is 25.7. The molecule has 0 saturated carbocycles. The summed E-state index contributed by atoms with van der Waals surface area (Å²) in [6.07, 6.45) is -3.00. The molecular formula is C23H18ClF3N4O4S. The third kappa shape index (κ3) is 6.07. The number of hydrogen-bond acceptors (Lipinski definition) is 6. The van der Waals surface area contributed by atoms with E-state index in [1.54, 1.807) is 24.3 Å². The van der Waals surface area contributed by atoms with Crippen molar-refractivity contribution >= 4 is 57.4 Å². The summed E-state index contributed by atoms with van der Waals surface area (Å²) >= 11 is 6.80. The Kier molecular flexibility index (Phi) is 7.38. The normalized spacial score (nSPS) is 16.0. The number of aliphatic hydroxyl groups excluding tert-OH is 1. The fourth-order valence-electron chi connectivity index (χ4n) is 3.55. The Morgan fingerprint density at radius 1 is 1.25 bits per heavy atom. The lowest BCUT2D eigenvalue weighted by molar-refractivity contribution is -0.139. The molecule has 3 N–H and O–H groups in total. The first-order valence-electron chi connectivity index (χ1n) is 10.5. The van der Waals surface area contributed by atoms with Crippen LogP contribution in [0.5, 0.6) is 0 Å². The minimum atomic E-state index is -4.56. The highest BCUT2D eigenvalue weighted by Gasteiger charge is 2.33. The van der Waals surface area contributed by atoms with Gasteiger partial charge in [0.25, 0.3) is 5.91 Å². The number of rotatable bonds is 7. The summed E-state index contributed by atoms with van der Waals surface area (Å²) in [6.45, 7) is -0.186. The average Bonchev–Trinajstić information content (AvgIpc) is 3.35. The molecule has 0 bridgehead atoms. The second-order valence-electron chi connectivity index (χ2n) is 7.89. The van der Waals surface area contributed by atoms with Crippen LogP contribution in [0.4, 0.5) is 13.2 Å². The van der Waals surface area contributed by atoms with Crippen LogP contribution in [0.25, 0.3) is 17.0 Å². The smallest absolute Gasteiger partial charge is 0.416 e. The number of hydrogen-bond donors (Lipinski definition) is 3. The quantitative estimate of drug-likeness (QED) is 0.387. The second kappa shape index (κ2) is 10.3. The molecule has 1 unspecified atom stereocenters. The number of nitrogens with zero attached hydrogens (tertiary/aromatic N) is 3. The average molecular weight is 539 g/mol. The van der Waals surface area contributed by atoms with Crippen LogP contribution in [0.1, 0.15) is 23.1 Å². The van der Waals surface area contributed by atoms with Gasteiger partial charge in [0.05, 0.1) is 41.3 Å². The van der Waals surface area contributed by atoms with Gasteiger partial charge in [-0.3, -0.25) is 14.3 Å². The van der Waals surface area contributed by atoms with Gasteiger partial charge in [0.1, 0.15) is 0 Å². The zero-order chi connectivity index (χ0) is 26.0. The Morgan fingerprint density at radius 2 is 2.03 bits per heavy atom. The summed E-state index contributed by atoms with van der Waals surface area (Å²) in [5.41, 5.74) is 0.470. The van der Waals surface area contributed by atoms with E-state index in [1.807, 2.05) is 0 Å². The minimum Gasteiger partial charge on any atom is -0.481 e. The van der Waals surface area contributed by atoms with Gasteiger partial charge in [-0.2, -0.15) is 23.3 Å². The van der Waals surface area contributed by atoms with Crippen LogP contribution in [0.3, 0.4) is 0 Å². The molecule has 0 saturated heterocycles. The van der Waals surface area contributed by atoms with Crippen molar-refractivity contribution in [2.75, 3.05) is 6.54 Å². The molecule has 1 aromatic heterocycles. The Balaban J connectivity index is 1.49. The van der Waals surface area contributed by atoms with E-state index < -0.39 is 36.1 Å². The first-order valence-corrected chi connectivity index (χ1v) is 11.7. The number of benzene rings is 2. The van der Waals surface area contributed by atoms with Crippen molar-refractivity contribution in [1.29, 1.82) is 0 Å². The van der Waals surface area contributed by atoms with Gasteiger partial charge in [0.15, 0.2) is 5.17 Å². The minimum absolute atomic E-state index is 0.00724. The van der Waals surface area contributed by atoms with Crippen molar-refractivity contribution in [2.24, 2.45) is 4.99 Å². The number of carbonyl (C=O) groups is 2. The molecule has 0 aliphatic carbocycles. The number of nitrogens with one attached hydrogen (secondary N) is 1. The summed E-state index contributed by atoms with van der Waals surface area (Å²) in [4.78, 5) is 27.0. The summed E-state index contributed by atoms with van der Waals surface area (Å²) < 4.78 is 41.8. The molecule has 0 spiro atoms. The van der Waals surface area contributed by atoms with Crippen LogP contribution in [0.15, 0.2) is 52.5 Å². The molecule has 1 atom stereocenters. The number of fused-ring (bicyclic) bond motifs is 1. The van der Waals surface area contributed by atoms with E-state index in [-0.39, 0.29) is 28.8 Å². The highest BCUT2D eigenvalue weighted by molar-refractivity contribution is 8.18. The Labute approximate surface area is 211 Å². The molecule has 1 aliphatic heterocycles.